The second-order valence-corrected chi connectivity index (χ2v) is 15.6. The molecule has 8 nitrogen and oxygen atoms in total. The number of amides is 2. The molecule has 2 N–H and O–H groups in total. The van der Waals surface area contributed by atoms with Gasteiger partial charge in [0.15, 0.2) is 11.3 Å². The van der Waals surface area contributed by atoms with Gasteiger partial charge in [0.25, 0.3) is 11.8 Å². The summed E-state index contributed by atoms with van der Waals surface area (Å²) in [6.45, 7) is 21.7. The van der Waals surface area contributed by atoms with E-state index in [0.29, 0.717) is 46.9 Å². The molecule has 6 rings (SSSR count). The van der Waals surface area contributed by atoms with Gasteiger partial charge in [-0.3, -0.25) is 9.59 Å². The van der Waals surface area contributed by atoms with Crippen molar-refractivity contribution in [3.05, 3.63) is 141 Å². The van der Waals surface area contributed by atoms with Gasteiger partial charge in [-0.2, -0.15) is 0 Å². The number of fused-ring (bicyclic) bond motifs is 2. The second kappa shape index (κ2) is 15.4. The molecule has 0 bridgehead atoms. The third-order valence-corrected chi connectivity index (χ3v) is 9.04. The smallest absolute Gasteiger partial charge is 0.253 e. The molecule has 2 aromatic carbocycles. The molecule has 0 fully saturated rings. The van der Waals surface area contributed by atoms with E-state index in [1.807, 2.05) is 58.0 Å². The topological polar surface area (TPSA) is 110 Å². The minimum Gasteiger partial charge on any atom is -0.348 e. The van der Waals surface area contributed by atoms with Gasteiger partial charge in [-0.25, -0.2) is 19.9 Å². The molecule has 4 aromatic heterocycles. The first-order chi connectivity index (χ1) is 24.5. The number of hydrogen-bond acceptors (Lipinski definition) is 6. The molecular formula is C44H50N6O2. The Balaban J connectivity index is 0.000000201. The fourth-order valence-electron chi connectivity index (χ4n) is 5.76. The van der Waals surface area contributed by atoms with E-state index in [-0.39, 0.29) is 22.6 Å². The van der Waals surface area contributed by atoms with E-state index in [4.69, 9.17) is 0 Å². The number of aromatic nitrogens is 4. The third-order valence-electron chi connectivity index (χ3n) is 9.04. The first kappa shape index (κ1) is 37.7. The number of carbonyl (C=O) groups excluding carboxylic acids is 2. The van der Waals surface area contributed by atoms with Gasteiger partial charge < -0.3 is 10.6 Å². The van der Waals surface area contributed by atoms with Crippen LogP contribution in [0.4, 0.5) is 0 Å². The van der Waals surface area contributed by atoms with Gasteiger partial charge in [0.05, 0.1) is 22.5 Å². The summed E-state index contributed by atoms with van der Waals surface area (Å²) in [6, 6.07) is 26.4. The van der Waals surface area contributed by atoms with Gasteiger partial charge in [-0.05, 0) is 96.7 Å². The van der Waals surface area contributed by atoms with E-state index in [1.54, 1.807) is 6.20 Å². The standard InChI is InChI=1S/2C22H25N3O/c1-14-6-9-17-12-19(15(2)25-20(17)24-14)21(26)23-13-16-7-10-18(11-8-16)22(3,4)5;1-14-10-17-11-19(15(2)25-20(17)23-12-14)21(26)24-13-16-6-8-18(9-7-16)22(3,4)5/h6-12H,13H2,1-5H3,(H,23,26);6-12H,13H2,1-5H3,(H,24,26). The molecule has 0 unspecified atom stereocenters. The monoisotopic (exact) mass is 694 g/mol. The highest BCUT2D eigenvalue weighted by Crippen LogP contribution is 2.24. The lowest BCUT2D eigenvalue weighted by atomic mass is 9.87. The quantitative estimate of drug-likeness (QED) is 0.180. The van der Waals surface area contributed by atoms with Crippen LogP contribution >= 0.6 is 0 Å². The number of nitrogens with one attached hydrogen (secondary N) is 2. The summed E-state index contributed by atoms with van der Waals surface area (Å²) in [4.78, 5) is 42.9. The summed E-state index contributed by atoms with van der Waals surface area (Å²) in [6.07, 6.45) is 1.79. The number of rotatable bonds is 6. The number of benzene rings is 2. The van der Waals surface area contributed by atoms with Crippen molar-refractivity contribution in [2.75, 3.05) is 0 Å². The zero-order valence-electron chi connectivity index (χ0n) is 32.1. The molecule has 268 valence electrons. The maximum atomic E-state index is 12.6. The van der Waals surface area contributed by atoms with Crippen LogP contribution in [0, 0.1) is 27.7 Å². The van der Waals surface area contributed by atoms with E-state index in [2.05, 4.69) is 121 Å². The Morgan fingerprint density at radius 2 is 1.02 bits per heavy atom. The van der Waals surface area contributed by atoms with Crippen LogP contribution in [0.3, 0.4) is 0 Å². The average Bonchev–Trinajstić information content (AvgIpc) is 3.09. The molecule has 52 heavy (non-hydrogen) atoms. The molecule has 0 radical (unpaired) electrons. The number of hydrogen-bond donors (Lipinski definition) is 2. The van der Waals surface area contributed by atoms with Gasteiger partial charge in [-0.1, -0.05) is 90.1 Å². The van der Waals surface area contributed by atoms with Gasteiger partial charge in [-0.15, -0.1) is 0 Å². The van der Waals surface area contributed by atoms with E-state index < -0.39 is 0 Å². The summed E-state index contributed by atoms with van der Waals surface area (Å²) < 4.78 is 0. The number of nitrogens with zero attached hydrogens (tertiary/aromatic N) is 4. The lowest BCUT2D eigenvalue weighted by Crippen LogP contribution is -2.24. The van der Waals surface area contributed by atoms with Crippen LogP contribution < -0.4 is 10.6 Å². The highest BCUT2D eigenvalue weighted by atomic mass is 16.2. The molecule has 0 aliphatic carbocycles. The fourth-order valence-corrected chi connectivity index (χ4v) is 5.76. The zero-order valence-corrected chi connectivity index (χ0v) is 32.1. The molecule has 0 aliphatic heterocycles. The SMILES string of the molecule is Cc1ccc2cc(C(=O)NCc3ccc(C(C)(C)C)cc3)c(C)nc2n1.Cc1cnc2nc(C)c(C(=O)NCc3ccc(C(C)(C)C)cc3)cc2c1. The molecule has 0 saturated heterocycles. The Morgan fingerprint density at radius 1 is 0.558 bits per heavy atom. The molecule has 0 aliphatic rings. The molecule has 2 amide bonds. The number of aryl methyl sites for hydroxylation is 4. The highest BCUT2D eigenvalue weighted by Gasteiger charge is 2.16. The summed E-state index contributed by atoms with van der Waals surface area (Å²) >= 11 is 0. The van der Waals surface area contributed by atoms with Crippen LogP contribution in [-0.4, -0.2) is 31.8 Å². The minimum absolute atomic E-state index is 0.113. The van der Waals surface area contributed by atoms with Crippen LogP contribution in [0.5, 0.6) is 0 Å². The third kappa shape index (κ3) is 9.43. The number of carbonyl (C=O) groups is 2. The van der Waals surface area contributed by atoms with Crippen LogP contribution in [0.2, 0.25) is 0 Å². The molecular weight excluding hydrogens is 645 g/mol. The highest BCUT2D eigenvalue weighted by molar-refractivity contribution is 5.99. The molecule has 6 aromatic rings. The lowest BCUT2D eigenvalue weighted by molar-refractivity contribution is 0.0942. The van der Waals surface area contributed by atoms with Crippen molar-refractivity contribution in [1.82, 2.24) is 30.6 Å². The first-order valence-corrected chi connectivity index (χ1v) is 17.7. The summed E-state index contributed by atoms with van der Waals surface area (Å²) in [7, 11) is 0. The predicted molar refractivity (Wildman–Crippen MR) is 211 cm³/mol. The molecule has 8 heteroatoms. The van der Waals surface area contributed by atoms with Crippen LogP contribution in [0.25, 0.3) is 22.1 Å². The average molecular weight is 695 g/mol. The summed E-state index contributed by atoms with van der Waals surface area (Å²) in [5.74, 6) is -0.226. The number of pyridine rings is 4. The van der Waals surface area contributed by atoms with Crippen molar-refractivity contribution >= 4 is 33.9 Å². The van der Waals surface area contributed by atoms with Crippen molar-refractivity contribution in [2.24, 2.45) is 0 Å². The van der Waals surface area contributed by atoms with Crippen molar-refractivity contribution in [3.63, 3.8) is 0 Å². The Labute approximate surface area is 307 Å². The van der Waals surface area contributed by atoms with Crippen LogP contribution in [-0.2, 0) is 23.9 Å². The van der Waals surface area contributed by atoms with Crippen molar-refractivity contribution < 1.29 is 9.59 Å². The predicted octanol–water partition coefficient (Wildman–Crippen LogP) is 8.95. The molecule has 0 atom stereocenters. The Hall–Kier alpha value is -5.50. The van der Waals surface area contributed by atoms with E-state index >= 15 is 0 Å². The fraction of sp³-hybridized carbons (Fsp3) is 0.318. The van der Waals surface area contributed by atoms with Crippen molar-refractivity contribution in [2.45, 2.75) is 93.2 Å². The minimum atomic E-state index is -0.114. The van der Waals surface area contributed by atoms with Gasteiger partial charge in [0, 0.05) is 35.8 Å². The van der Waals surface area contributed by atoms with Gasteiger partial charge in [0.2, 0.25) is 0 Å². The van der Waals surface area contributed by atoms with Crippen LogP contribution in [0.15, 0.2) is 85.1 Å². The van der Waals surface area contributed by atoms with Crippen molar-refractivity contribution in [3.8, 4) is 0 Å². The zero-order chi connectivity index (χ0) is 37.8. The van der Waals surface area contributed by atoms with E-state index in [0.717, 1.165) is 33.2 Å². The Bertz CT molecular complexity index is 2230. The Kier molecular flexibility index (Phi) is 11.2. The van der Waals surface area contributed by atoms with E-state index in [1.165, 1.54) is 11.1 Å². The van der Waals surface area contributed by atoms with Crippen LogP contribution in [0.1, 0.15) is 107 Å². The lowest BCUT2D eigenvalue weighted by Gasteiger charge is -2.19. The van der Waals surface area contributed by atoms with Gasteiger partial charge >= 0.3 is 0 Å². The molecule has 4 heterocycles. The van der Waals surface area contributed by atoms with Gasteiger partial charge in [0.1, 0.15) is 0 Å². The maximum absolute atomic E-state index is 12.6. The largest absolute Gasteiger partial charge is 0.348 e. The molecule has 0 spiro atoms. The van der Waals surface area contributed by atoms with Crippen molar-refractivity contribution in [1.29, 1.82) is 0 Å². The maximum Gasteiger partial charge on any atom is 0.253 e. The molecule has 0 saturated carbocycles. The summed E-state index contributed by atoms with van der Waals surface area (Å²) in [5, 5.41) is 7.75. The second-order valence-electron chi connectivity index (χ2n) is 15.6. The first-order valence-electron chi connectivity index (χ1n) is 17.7. The summed E-state index contributed by atoms with van der Waals surface area (Å²) in [5.41, 5.74) is 10.9. The van der Waals surface area contributed by atoms with E-state index in [9.17, 15) is 9.59 Å². The Morgan fingerprint density at radius 3 is 1.50 bits per heavy atom. The normalized spacial score (nSPS) is 11.6.